The number of allylic oxidation sites excluding steroid dienone is 3. The van der Waals surface area contributed by atoms with Crippen LogP contribution in [-0.4, -0.2) is 27.5 Å². The molecule has 0 aliphatic carbocycles. The highest BCUT2D eigenvalue weighted by atomic mass is 28.4. The first-order chi connectivity index (χ1) is 10.9. The molecule has 3 nitrogen and oxygen atoms in total. The minimum atomic E-state index is -1.86. The van der Waals surface area contributed by atoms with Crippen molar-refractivity contribution in [2.45, 2.75) is 72.7 Å². The van der Waals surface area contributed by atoms with Crippen LogP contribution in [-0.2, 0) is 14.0 Å². The standard InChI is InChI=1S/C20H36O3Si/c1-11-15(2)18(23-24(9,10)20(5,6)7)16(3)13-12-14-17(4)19(21)22-8/h11-14,16,18H,1-10H3/b13-12+,15-11+,17-14+/t16-,18+/m0/s1. The van der Waals surface area contributed by atoms with Gasteiger partial charge in [-0.3, -0.25) is 0 Å². The lowest BCUT2D eigenvalue weighted by atomic mass is 9.97. The highest BCUT2D eigenvalue weighted by Crippen LogP contribution is 2.39. The molecule has 0 heterocycles. The van der Waals surface area contributed by atoms with Gasteiger partial charge < -0.3 is 9.16 Å². The number of carbonyl (C=O) groups is 1. The third-order valence-electron chi connectivity index (χ3n) is 4.88. The molecule has 0 spiro atoms. The van der Waals surface area contributed by atoms with Crippen LogP contribution in [0.1, 0.15) is 48.5 Å². The van der Waals surface area contributed by atoms with Gasteiger partial charge in [0.05, 0.1) is 13.2 Å². The molecule has 2 atom stereocenters. The molecule has 0 N–H and O–H groups in total. The summed E-state index contributed by atoms with van der Waals surface area (Å²) in [4.78, 5) is 11.4. The van der Waals surface area contributed by atoms with Crippen LogP contribution < -0.4 is 0 Å². The van der Waals surface area contributed by atoms with Crippen LogP contribution in [0.2, 0.25) is 18.1 Å². The van der Waals surface area contributed by atoms with Gasteiger partial charge in [0.2, 0.25) is 0 Å². The zero-order chi connectivity index (χ0) is 19.1. The normalized spacial score (nSPS) is 17.1. The lowest BCUT2D eigenvalue weighted by molar-refractivity contribution is -0.136. The first kappa shape index (κ1) is 22.9. The average molecular weight is 353 g/mol. The average Bonchev–Trinajstić information content (AvgIpc) is 2.49. The third kappa shape index (κ3) is 6.77. The molecule has 0 amide bonds. The summed E-state index contributed by atoms with van der Waals surface area (Å²) in [5, 5.41) is 0.171. The second kappa shape index (κ2) is 9.38. The van der Waals surface area contributed by atoms with Crippen molar-refractivity contribution in [1.29, 1.82) is 0 Å². The molecule has 0 aromatic rings. The molecule has 24 heavy (non-hydrogen) atoms. The topological polar surface area (TPSA) is 35.5 Å². The third-order valence-corrected chi connectivity index (χ3v) is 9.33. The summed E-state index contributed by atoms with van der Waals surface area (Å²) in [6, 6.07) is 0. The van der Waals surface area contributed by atoms with E-state index in [0.717, 1.165) is 0 Å². The molecule has 0 fully saturated rings. The van der Waals surface area contributed by atoms with Crippen molar-refractivity contribution < 1.29 is 14.0 Å². The Balaban J connectivity index is 5.32. The Morgan fingerprint density at radius 3 is 2.12 bits per heavy atom. The van der Waals surface area contributed by atoms with Gasteiger partial charge in [0.25, 0.3) is 0 Å². The summed E-state index contributed by atoms with van der Waals surface area (Å²) < 4.78 is 11.4. The van der Waals surface area contributed by atoms with E-state index in [1.165, 1.54) is 12.7 Å². The van der Waals surface area contributed by atoms with Gasteiger partial charge in [0, 0.05) is 11.5 Å². The Bertz CT molecular complexity index is 507. The molecule has 0 aliphatic rings. The van der Waals surface area contributed by atoms with E-state index in [-0.39, 0.29) is 23.0 Å². The second-order valence-corrected chi connectivity index (χ2v) is 12.7. The lowest BCUT2D eigenvalue weighted by Crippen LogP contribution is -2.45. The first-order valence-electron chi connectivity index (χ1n) is 8.61. The Kier molecular flexibility index (Phi) is 8.93. The summed E-state index contributed by atoms with van der Waals surface area (Å²) in [6.07, 6.45) is 7.98. The molecule has 0 bridgehead atoms. The van der Waals surface area contributed by atoms with Crippen LogP contribution in [0.3, 0.4) is 0 Å². The van der Waals surface area contributed by atoms with Crippen molar-refractivity contribution in [3.05, 3.63) is 35.5 Å². The van der Waals surface area contributed by atoms with Crippen LogP contribution in [0.5, 0.6) is 0 Å². The fourth-order valence-corrected chi connectivity index (χ4v) is 3.37. The summed E-state index contributed by atoms with van der Waals surface area (Å²) in [5.74, 6) is -0.0805. The highest BCUT2D eigenvalue weighted by Gasteiger charge is 2.40. The SMILES string of the molecule is C/C=C(\C)[C@@H](O[Si](C)(C)C(C)(C)C)[C@@H](C)/C=C/C=C(\C)C(=O)OC. The number of rotatable bonds is 7. The zero-order valence-electron chi connectivity index (χ0n) is 17.2. The number of hydrogen-bond acceptors (Lipinski definition) is 3. The van der Waals surface area contributed by atoms with Crippen LogP contribution in [0.4, 0.5) is 0 Å². The van der Waals surface area contributed by atoms with Gasteiger partial charge >= 0.3 is 5.97 Å². The van der Waals surface area contributed by atoms with Crippen LogP contribution >= 0.6 is 0 Å². The van der Waals surface area contributed by atoms with E-state index in [1.54, 1.807) is 13.0 Å². The predicted octanol–water partition coefficient (Wildman–Crippen LogP) is 5.65. The molecular weight excluding hydrogens is 316 g/mol. The Labute approximate surface area is 149 Å². The fourth-order valence-electron chi connectivity index (χ4n) is 1.98. The molecule has 0 saturated heterocycles. The van der Waals surface area contributed by atoms with Crippen molar-refractivity contribution in [3.63, 3.8) is 0 Å². The molecule has 0 saturated carbocycles. The van der Waals surface area contributed by atoms with E-state index < -0.39 is 8.32 Å². The van der Waals surface area contributed by atoms with Gasteiger partial charge in [-0.1, -0.05) is 52.0 Å². The number of carbonyl (C=O) groups excluding carboxylic acids is 1. The van der Waals surface area contributed by atoms with Gasteiger partial charge in [-0.05, 0) is 44.5 Å². The Morgan fingerprint density at radius 2 is 1.71 bits per heavy atom. The van der Waals surface area contributed by atoms with E-state index in [1.807, 2.05) is 6.08 Å². The maximum atomic E-state index is 11.4. The number of esters is 1. The van der Waals surface area contributed by atoms with Crippen LogP contribution in [0.15, 0.2) is 35.5 Å². The second-order valence-electron chi connectivity index (χ2n) is 7.92. The number of hydrogen-bond donors (Lipinski definition) is 0. The quantitative estimate of drug-likeness (QED) is 0.195. The Hall–Kier alpha value is -1.13. The maximum Gasteiger partial charge on any atom is 0.333 e. The predicted molar refractivity (Wildman–Crippen MR) is 106 cm³/mol. The fraction of sp³-hybridized carbons (Fsp3) is 0.650. The van der Waals surface area contributed by atoms with Gasteiger partial charge in [0.15, 0.2) is 8.32 Å². The van der Waals surface area contributed by atoms with E-state index >= 15 is 0 Å². The first-order valence-corrected chi connectivity index (χ1v) is 11.5. The van der Waals surface area contributed by atoms with Crippen LogP contribution in [0, 0.1) is 5.92 Å². The monoisotopic (exact) mass is 352 g/mol. The number of methoxy groups -OCH3 is 1. The molecule has 138 valence electrons. The molecule has 4 heteroatoms. The van der Waals surface area contributed by atoms with Gasteiger partial charge in [-0.2, -0.15) is 0 Å². The summed E-state index contributed by atoms with van der Waals surface area (Å²) >= 11 is 0. The number of ether oxygens (including phenoxy) is 1. The smallest absolute Gasteiger partial charge is 0.333 e. The van der Waals surface area contributed by atoms with Crippen LogP contribution in [0.25, 0.3) is 0 Å². The summed E-state index contributed by atoms with van der Waals surface area (Å²) in [5.41, 5.74) is 1.83. The highest BCUT2D eigenvalue weighted by molar-refractivity contribution is 6.74. The molecule has 0 aliphatic heterocycles. The van der Waals surface area contributed by atoms with E-state index in [4.69, 9.17) is 9.16 Å². The van der Waals surface area contributed by atoms with Gasteiger partial charge in [0.1, 0.15) is 0 Å². The summed E-state index contributed by atoms with van der Waals surface area (Å²) in [6.45, 7) is 19.4. The minimum absolute atomic E-state index is 0.0546. The molecular formula is C20H36O3Si. The van der Waals surface area contributed by atoms with E-state index in [0.29, 0.717) is 5.57 Å². The largest absolute Gasteiger partial charge is 0.466 e. The maximum absolute atomic E-state index is 11.4. The lowest BCUT2D eigenvalue weighted by Gasteiger charge is -2.41. The Morgan fingerprint density at radius 1 is 1.17 bits per heavy atom. The molecule has 0 unspecified atom stereocenters. The van der Waals surface area contributed by atoms with Crippen molar-refractivity contribution >= 4 is 14.3 Å². The minimum Gasteiger partial charge on any atom is -0.466 e. The van der Waals surface area contributed by atoms with E-state index in [2.05, 4.69) is 66.8 Å². The van der Waals surface area contributed by atoms with E-state index in [9.17, 15) is 4.79 Å². The van der Waals surface area contributed by atoms with Crippen molar-refractivity contribution in [1.82, 2.24) is 0 Å². The molecule has 0 radical (unpaired) electrons. The van der Waals surface area contributed by atoms with Gasteiger partial charge in [-0.25, -0.2) is 4.79 Å². The molecule has 0 rings (SSSR count). The molecule has 0 aromatic carbocycles. The molecule has 0 aromatic heterocycles. The summed E-state index contributed by atoms with van der Waals surface area (Å²) in [7, 11) is -0.465. The zero-order valence-corrected chi connectivity index (χ0v) is 18.2. The van der Waals surface area contributed by atoms with Crippen molar-refractivity contribution in [2.75, 3.05) is 7.11 Å². The van der Waals surface area contributed by atoms with Gasteiger partial charge in [-0.15, -0.1) is 0 Å². The van der Waals surface area contributed by atoms with Crippen molar-refractivity contribution in [3.8, 4) is 0 Å². The van der Waals surface area contributed by atoms with Crippen molar-refractivity contribution in [2.24, 2.45) is 5.92 Å².